The Morgan fingerprint density at radius 2 is 2.09 bits per heavy atom. The molecule has 0 saturated heterocycles. The first-order chi connectivity index (χ1) is 10.3. The molecule has 2 aromatic heterocycles. The van der Waals surface area contributed by atoms with Gasteiger partial charge in [-0.05, 0) is 32.8 Å². The van der Waals surface area contributed by atoms with E-state index in [0.29, 0.717) is 16.9 Å². The Bertz CT molecular complexity index is 693. The van der Waals surface area contributed by atoms with E-state index < -0.39 is 6.10 Å². The van der Waals surface area contributed by atoms with Crippen LogP contribution in [-0.4, -0.2) is 38.3 Å². The summed E-state index contributed by atoms with van der Waals surface area (Å²) in [5.74, 6) is -0.0970. The Kier molecular flexibility index (Phi) is 4.81. The summed E-state index contributed by atoms with van der Waals surface area (Å²) in [6.45, 7) is 9.83. The molecule has 0 spiro atoms. The third kappa shape index (κ3) is 3.11. The maximum absolute atomic E-state index is 12.5. The Balaban J connectivity index is 2.27. The van der Waals surface area contributed by atoms with Gasteiger partial charge in [0.25, 0.3) is 5.91 Å². The van der Waals surface area contributed by atoms with E-state index in [1.54, 1.807) is 11.4 Å². The molecule has 0 fully saturated rings. The molecule has 0 saturated carbocycles. The zero-order valence-corrected chi connectivity index (χ0v) is 13.8. The number of carbonyl (C=O) groups is 1. The van der Waals surface area contributed by atoms with Gasteiger partial charge < -0.3 is 10.4 Å². The molecule has 0 aliphatic carbocycles. The van der Waals surface area contributed by atoms with Crippen molar-refractivity contribution in [3.63, 3.8) is 0 Å². The van der Waals surface area contributed by atoms with E-state index in [1.807, 2.05) is 33.8 Å². The number of rotatable bonds is 5. The van der Waals surface area contributed by atoms with Crippen molar-refractivity contribution in [2.45, 2.75) is 47.1 Å². The number of carbonyl (C=O) groups excluding carboxylic acids is 1. The topological polar surface area (TPSA) is 79.5 Å². The molecule has 2 aromatic rings. The van der Waals surface area contributed by atoms with E-state index in [-0.39, 0.29) is 18.4 Å². The molecule has 0 aliphatic heterocycles. The average Bonchev–Trinajstić information content (AvgIpc) is 2.80. The maximum atomic E-state index is 12.5. The minimum atomic E-state index is -0.549. The Labute approximate surface area is 130 Å². The number of aryl methyl sites for hydroxylation is 3. The van der Waals surface area contributed by atoms with Gasteiger partial charge in [-0.15, -0.1) is 0 Å². The quantitative estimate of drug-likeness (QED) is 0.882. The van der Waals surface area contributed by atoms with Gasteiger partial charge in [0.15, 0.2) is 5.65 Å². The summed E-state index contributed by atoms with van der Waals surface area (Å²) in [5, 5.41) is 17.2. The molecule has 6 nitrogen and oxygen atoms in total. The molecular weight excluding hydrogens is 280 g/mol. The molecule has 2 N–H and O–H groups in total. The lowest BCUT2D eigenvalue weighted by Gasteiger charge is -2.17. The summed E-state index contributed by atoms with van der Waals surface area (Å²) in [7, 11) is 0. The van der Waals surface area contributed by atoms with Crippen LogP contribution in [0.1, 0.15) is 47.7 Å². The highest BCUT2D eigenvalue weighted by Gasteiger charge is 2.21. The summed E-state index contributed by atoms with van der Waals surface area (Å²) < 4.78 is 1.68. The van der Waals surface area contributed by atoms with Crippen LogP contribution in [0.2, 0.25) is 0 Å². The number of aliphatic hydroxyl groups excluding tert-OH is 1. The number of hydrogen-bond donors (Lipinski definition) is 2. The van der Waals surface area contributed by atoms with Gasteiger partial charge in [0.05, 0.1) is 11.8 Å². The fraction of sp³-hybridized carbons (Fsp3) is 0.562. The first-order valence-corrected chi connectivity index (χ1v) is 7.65. The number of aromatic nitrogens is 3. The van der Waals surface area contributed by atoms with Crippen LogP contribution in [0, 0.1) is 26.7 Å². The molecule has 0 bridgehead atoms. The summed E-state index contributed by atoms with van der Waals surface area (Å²) in [6.07, 6.45) is 0.319. The van der Waals surface area contributed by atoms with Crippen LogP contribution in [0.4, 0.5) is 0 Å². The smallest absolute Gasteiger partial charge is 0.257 e. The van der Waals surface area contributed by atoms with Crippen LogP contribution in [0.3, 0.4) is 0 Å². The summed E-state index contributed by atoms with van der Waals surface area (Å²) in [6, 6.07) is 1.92. The van der Waals surface area contributed by atoms with Crippen LogP contribution in [-0.2, 0) is 0 Å². The van der Waals surface area contributed by atoms with Gasteiger partial charge >= 0.3 is 0 Å². The van der Waals surface area contributed by atoms with Gasteiger partial charge in [-0.1, -0.05) is 20.3 Å². The van der Waals surface area contributed by atoms with Crippen molar-refractivity contribution >= 4 is 11.6 Å². The molecule has 0 aliphatic rings. The lowest BCUT2D eigenvalue weighted by Crippen LogP contribution is -2.35. The second kappa shape index (κ2) is 6.44. The molecule has 120 valence electrons. The predicted octanol–water partition coefficient (Wildman–Crippen LogP) is 1.79. The van der Waals surface area contributed by atoms with Crippen molar-refractivity contribution < 1.29 is 9.90 Å². The van der Waals surface area contributed by atoms with E-state index in [4.69, 9.17) is 0 Å². The van der Waals surface area contributed by atoms with Crippen molar-refractivity contribution in [1.29, 1.82) is 0 Å². The number of fused-ring (bicyclic) bond motifs is 1. The van der Waals surface area contributed by atoms with Crippen molar-refractivity contribution in [2.24, 2.45) is 5.92 Å². The molecule has 0 aromatic carbocycles. The largest absolute Gasteiger partial charge is 0.391 e. The monoisotopic (exact) mass is 304 g/mol. The van der Waals surface area contributed by atoms with Gasteiger partial charge in [-0.25, -0.2) is 9.50 Å². The van der Waals surface area contributed by atoms with Crippen molar-refractivity contribution in [1.82, 2.24) is 19.9 Å². The Hall–Kier alpha value is -1.95. The number of nitrogens with one attached hydrogen (secondary N) is 1. The summed E-state index contributed by atoms with van der Waals surface area (Å²) in [5.41, 5.74) is 3.45. The molecule has 22 heavy (non-hydrogen) atoms. The standard InChI is InChI=1S/C16H24N4O2/c1-6-9(2)13(21)8-17-16(22)14-12(5)19-20-11(4)7-10(3)18-15(14)20/h7,9,13,21H,6,8H2,1-5H3,(H,17,22). The van der Waals surface area contributed by atoms with E-state index in [1.165, 1.54) is 0 Å². The van der Waals surface area contributed by atoms with Gasteiger partial charge in [0.1, 0.15) is 5.56 Å². The molecule has 1 amide bonds. The highest BCUT2D eigenvalue weighted by molar-refractivity contribution is 6.01. The van der Waals surface area contributed by atoms with Gasteiger partial charge in [0.2, 0.25) is 0 Å². The summed E-state index contributed by atoms with van der Waals surface area (Å²) >= 11 is 0. The minimum Gasteiger partial charge on any atom is -0.391 e. The molecule has 6 heteroatoms. The molecular formula is C16H24N4O2. The molecule has 0 radical (unpaired) electrons. The van der Waals surface area contributed by atoms with Crippen molar-refractivity contribution in [3.05, 3.63) is 28.7 Å². The van der Waals surface area contributed by atoms with Crippen LogP contribution in [0.15, 0.2) is 6.07 Å². The second-order valence-corrected chi connectivity index (χ2v) is 5.90. The Morgan fingerprint density at radius 1 is 1.41 bits per heavy atom. The third-order valence-corrected chi connectivity index (χ3v) is 4.07. The second-order valence-electron chi connectivity index (χ2n) is 5.90. The molecule has 2 rings (SSSR count). The highest BCUT2D eigenvalue weighted by atomic mass is 16.3. The zero-order chi connectivity index (χ0) is 16.4. The van der Waals surface area contributed by atoms with Gasteiger partial charge in [-0.2, -0.15) is 5.10 Å². The van der Waals surface area contributed by atoms with Gasteiger partial charge in [0, 0.05) is 17.9 Å². The molecule has 2 atom stereocenters. The van der Waals surface area contributed by atoms with Crippen LogP contribution >= 0.6 is 0 Å². The number of hydrogen-bond acceptors (Lipinski definition) is 4. The van der Waals surface area contributed by atoms with Crippen LogP contribution < -0.4 is 5.32 Å². The molecule has 2 heterocycles. The number of amides is 1. The van der Waals surface area contributed by atoms with E-state index in [0.717, 1.165) is 17.8 Å². The minimum absolute atomic E-state index is 0.146. The fourth-order valence-electron chi connectivity index (χ4n) is 2.45. The van der Waals surface area contributed by atoms with E-state index in [2.05, 4.69) is 15.4 Å². The van der Waals surface area contributed by atoms with Crippen LogP contribution in [0.5, 0.6) is 0 Å². The summed E-state index contributed by atoms with van der Waals surface area (Å²) in [4.78, 5) is 16.9. The van der Waals surface area contributed by atoms with Gasteiger partial charge in [-0.3, -0.25) is 4.79 Å². The normalized spacial score (nSPS) is 14.1. The third-order valence-electron chi connectivity index (χ3n) is 4.07. The highest BCUT2D eigenvalue weighted by Crippen LogP contribution is 2.16. The fourth-order valence-corrected chi connectivity index (χ4v) is 2.45. The predicted molar refractivity (Wildman–Crippen MR) is 85.0 cm³/mol. The lowest BCUT2D eigenvalue weighted by atomic mass is 10.0. The lowest BCUT2D eigenvalue weighted by molar-refractivity contribution is 0.0851. The molecule has 2 unspecified atom stereocenters. The zero-order valence-electron chi connectivity index (χ0n) is 13.8. The maximum Gasteiger partial charge on any atom is 0.257 e. The van der Waals surface area contributed by atoms with Crippen LogP contribution in [0.25, 0.3) is 5.65 Å². The first-order valence-electron chi connectivity index (χ1n) is 7.65. The van der Waals surface area contributed by atoms with Crippen molar-refractivity contribution in [3.8, 4) is 0 Å². The SMILES string of the molecule is CCC(C)C(O)CNC(=O)c1c(C)nn2c(C)cc(C)nc12. The van der Waals surface area contributed by atoms with Crippen molar-refractivity contribution in [2.75, 3.05) is 6.54 Å². The number of nitrogens with zero attached hydrogens (tertiary/aromatic N) is 3. The first kappa shape index (κ1) is 16.4. The Morgan fingerprint density at radius 3 is 2.73 bits per heavy atom. The van der Waals surface area contributed by atoms with E-state index in [9.17, 15) is 9.90 Å². The number of aliphatic hydroxyl groups is 1. The van der Waals surface area contributed by atoms with E-state index >= 15 is 0 Å². The average molecular weight is 304 g/mol.